The number of carbonyl (C=O) groups excluding carboxylic acids is 2. The van der Waals surface area contributed by atoms with Crippen molar-refractivity contribution in [1.29, 1.82) is 0 Å². The van der Waals surface area contributed by atoms with Crippen LogP contribution in [-0.4, -0.2) is 56.8 Å². The molecule has 9 heteroatoms. The van der Waals surface area contributed by atoms with Crippen LogP contribution in [0.5, 0.6) is 5.75 Å². The van der Waals surface area contributed by atoms with E-state index >= 15 is 0 Å². The molecule has 2 aliphatic heterocycles. The number of hydrogen-bond acceptors (Lipinski definition) is 5. The Bertz CT molecular complexity index is 918. The highest BCUT2D eigenvalue weighted by atomic mass is 32.2. The summed E-state index contributed by atoms with van der Waals surface area (Å²) < 4.78 is 33.4. The number of rotatable bonds is 5. The van der Waals surface area contributed by atoms with Crippen LogP contribution in [0.2, 0.25) is 0 Å². The fourth-order valence-corrected chi connectivity index (χ4v) is 5.81. The van der Waals surface area contributed by atoms with Gasteiger partial charge >= 0.3 is 0 Å². The molecule has 1 saturated carbocycles. The third-order valence-electron chi connectivity index (χ3n) is 5.59. The second kappa shape index (κ2) is 7.60. The van der Waals surface area contributed by atoms with Gasteiger partial charge < -0.3 is 10.1 Å². The molecule has 29 heavy (non-hydrogen) atoms. The third-order valence-corrected chi connectivity index (χ3v) is 7.42. The molecule has 0 radical (unpaired) electrons. The predicted molar refractivity (Wildman–Crippen MR) is 107 cm³/mol. The zero-order chi connectivity index (χ0) is 20.8. The number of nitrogens with one attached hydrogen (secondary N) is 1. The van der Waals surface area contributed by atoms with E-state index in [-0.39, 0.29) is 35.9 Å². The summed E-state index contributed by atoms with van der Waals surface area (Å²) >= 11 is 0. The van der Waals surface area contributed by atoms with E-state index in [1.165, 1.54) is 21.3 Å². The fraction of sp³-hybridized carbons (Fsp3) is 0.600. The van der Waals surface area contributed by atoms with Crippen molar-refractivity contribution in [2.45, 2.75) is 44.0 Å². The maximum Gasteiger partial charge on any atom is 0.265 e. The number of sulfonamides is 1. The van der Waals surface area contributed by atoms with E-state index in [0.29, 0.717) is 36.4 Å². The van der Waals surface area contributed by atoms with Crippen molar-refractivity contribution in [1.82, 2.24) is 9.62 Å². The Balaban J connectivity index is 1.62. The van der Waals surface area contributed by atoms with Gasteiger partial charge in [0.05, 0.1) is 10.6 Å². The van der Waals surface area contributed by atoms with Crippen LogP contribution in [-0.2, 0) is 19.6 Å². The summed E-state index contributed by atoms with van der Waals surface area (Å²) in [5.41, 5.74) is 0.325. The summed E-state index contributed by atoms with van der Waals surface area (Å²) in [7, 11) is -3.70. The lowest BCUT2D eigenvalue weighted by Crippen LogP contribution is -2.46. The van der Waals surface area contributed by atoms with Crippen LogP contribution in [0.3, 0.4) is 0 Å². The SMILES string of the molecule is C[C@H]1C[C@H](C)CN(S(=O)(=O)c2ccc3c(c2)N(CC(=O)NC2CC2)C(=O)CO3)C1. The number of piperidine rings is 1. The molecular formula is C20H27N3O5S. The van der Waals surface area contributed by atoms with Gasteiger partial charge in [0.25, 0.3) is 5.91 Å². The number of amides is 2. The Morgan fingerprint density at radius 2 is 1.90 bits per heavy atom. The molecule has 2 amide bonds. The van der Waals surface area contributed by atoms with Crippen LogP contribution >= 0.6 is 0 Å². The fourth-order valence-electron chi connectivity index (χ4n) is 4.11. The highest BCUT2D eigenvalue weighted by Crippen LogP contribution is 2.36. The molecule has 2 atom stereocenters. The number of ether oxygens (including phenoxy) is 1. The zero-order valence-electron chi connectivity index (χ0n) is 16.8. The van der Waals surface area contributed by atoms with Gasteiger partial charge in [0, 0.05) is 19.1 Å². The molecule has 0 spiro atoms. The summed E-state index contributed by atoms with van der Waals surface area (Å²) in [5.74, 6) is 0.374. The van der Waals surface area contributed by atoms with Crippen LogP contribution in [0.1, 0.15) is 33.1 Å². The smallest absolute Gasteiger partial charge is 0.265 e. The Kier molecular flexibility index (Phi) is 5.29. The van der Waals surface area contributed by atoms with Crippen LogP contribution in [0.25, 0.3) is 0 Å². The average Bonchev–Trinajstić information content (AvgIpc) is 3.46. The maximum atomic E-state index is 13.2. The molecule has 8 nitrogen and oxygen atoms in total. The largest absolute Gasteiger partial charge is 0.482 e. The number of benzene rings is 1. The number of hydrogen-bond donors (Lipinski definition) is 1. The highest BCUT2D eigenvalue weighted by Gasteiger charge is 2.34. The van der Waals surface area contributed by atoms with E-state index in [1.54, 1.807) is 6.07 Å². The van der Waals surface area contributed by atoms with Crippen molar-refractivity contribution in [2.75, 3.05) is 31.1 Å². The molecule has 0 unspecified atom stereocenters. The summed E-state index contributed by atoms with van der Waals surface area (Å²) in [6.07, 6.45) is 2.91. The molecule has 1 aliphatic carbocycles. The average molecular weight is 422 g/mol. The Morgan fingerprint density at radius 3 is 2.55 bits per heavy atom. The molecule has 0 aromatic heterocycles. The van der Waals surface area contributed by atoms with Gasteiger partial charge in [0.1, 0.15) is 12.3 Å². The summed E-state index contributed by atoms with van der Waals surface area (Å²) in [4.78, 5) is 26.1. The van der Waals surface area contributed by atoms with Crippen LogP contribution in [0, 0.1) is 11.8 Å². The Hall–Kier alpha value is -2.13. The van der Waals surface area contributed by atoms with E-state index in [1.807, 2.05) is 0 Å². The molecule has 2 heterocycles. The lowest BCUT2D eigenvalue weighted by atomic mass is 9.94. The Labute approximate surface area is 171 Å². The van der Waals surface area contributed by atoms with Crippen molar-refractivity contribution < 1.29 is 22.7 Å². The number of carbonyl (C=O) groups is 2. The summed E-state index contributed by atoms with van der Waals surface area (Å²) in [6, 6.07) is 4.72. The first-order valence-electron chi connectivity index (χ1n) is 10.1. The van der Waals surface area contributed by atoms with Crippen molar-refractivity contribution in [3.05, 3.63) is 18.2 Å². The van der Waals surface area contributed by atoms with Gasteiger partial charge in [-0.2, -0.15) is 4.31 Å². The first-order valence-corrected chi connectivity index (χ1v) is 11.5. The van der Waals surface area contributed by atoms with Gasteiger partial charge in [-0.05, 0) is 49.3 Å². The topological polar surface area (TPSA) is 96.0 Å². The molecule has 158 valence electrons. The molecule has 1 aromatic rings. The van der Waals surface area contributed by atoms with Crippen molar-refractivity contribution in [3.8, 4) is 5.75 Å². The van der Waals surface area contributed by atoms with E-state index in [4.69, 9.17) is 4.74 Å². The molecule has 0 bridgehead atoms. The first kappa shape index (κ1) is 20.2. The molecule has 3 aliphatic rings. The maximum absolute atomic E-state index is 13.2. The van der Waals surface area contributed by atoms with Crippen LogP contribution in [0.4, 0.5) is 5.69 Å². The van der Waals surface area contributed by atoms with Gasteiger partial charge in [0.2, 0.25) is 15.9 Å². The lowest BCUT2D eigenvalue weighted by Gasteiger charge is -2.34. The minimum Gasteiger partial charge on any atom is -0.482 e. The monoisotopic (exact) mass is 421 g/mol. The minimum atomic E-state index is -3.70. The number of fused-ring (bicyclic) bond motifs is 1. The standard InChI is InChI=1S/C20H27N3O5S/c1-13-7-14(2)10-22(9-13)29(26,27)16-5-6-18-17(8-16)23(20(25)12-28-18)11-19(24)21-15-3-4-15/h5-6,8,13-15H,3-4,7,9-12H2,1-2H3,(H,21,24)/t13-,14-/m0/s1. The molecule has 1 aromatic carbocycles. The Morgan fingerprint density at radius 1 is 1.21 bits per heavy atom. The summed E-state index contributed by atoms with van der Waals surface area (Å²) in [6.45, 7) is 4.75. The first-order chi connectivity index (χ1) is 13.7. The molecule has 1 N–H and O–H groups in total. The van der Waals surface area contributed by atoms with Crippen LogP contribution < -0.4 is 15.0 Å². The van der Waals surface area contributed by atoms with Gasteiger partial charge in [-0.15, -0.1) is 0 Å². The number of anilines is 1. The lowest BCUT2D eigenvalue weighted by molar-refractivity contribution is -0.125. The molecule has 2 fully saturated rings. The molecule has 4 rings (SSSR count). The van der Waals surface area contributed by atoms with E-state index in [0.717, 1.165) is 19.3 Å². The van der Waals surface area contributed by atoms with Gasteiger partial charge in [0.15, 0.2) is 6.61 Å². The highest BCUT2D eigenvalue weighted by molar-refractivity contribution is 7.89. The van der Waals surface area contributed by atoms with Crippen molar-refractivity contribution in [3.63, 3.8) is 0 Å². The quantitative estimate of drug-likeness (QED) is 0.774. The van der Waals surface area contributed by atoms with E-state index < -0.39 is 10.0 Å². The minimum absolute atomic E-state index is 0.114. The van der Waals surface area contributed by atoms with Gasteiger partial charge in [-0.25, -0.2) is 8.42 Å². The van der Waals surface area contributed by atoms with E-state index in [9.17, 15) is 18.0 Å². The molecule has 1 saturated heterocycles. The number of nitrogens with zero attached hydrogens (tertiary/aromatic N) is 2. The second-order valence-electron chi connectivity index (χ2n) is 8.51. The van der Waals surface area contributed by atoms with Crippen molar-refractivity contribution >= 4 is 27.5 Å². The van der Waals surface area contributed by atoms with Crippen molar-refractivity contribution in [2.24, 2.45) is 11.8 Å². The third kappa shape index (κ3) is 4.25. The summed E-state index contributed by atoms with van der Waals surface area (Å²) in [5, 5.41) is 2.86. The van der Waals surface area contributed by atoms with E-state index in [2.05, 4.69) is 19.2 Å². The normalized spacial score (nSPS) is 25.3. The van der Waals surface area contributed by atoms with Crippen LogP contribution in [0.15, 0.2) is 23.1 Å². The van der Waals surface area contributed by atoms with Gasteiger partial charge in [-0.3, -0.25) is 14.5 Å². The predicted octanol–water partition coefficient (Wildman–Crippen LogP) is 1.36. The van der Waals surface area contributed by atoms with Gasteiger partial charge in [-0.1, -0.05) is 13.8 Å². The molecular weight excluding hydrogens is 394 g/mol. The zero-order valence-corrected chi connectivity index (χ0v) is 17.6. The second-order valence-corrected chi connectivity index (χ2v) is 10.4.